The highest BCUT2D eigenvalue weighted by molar-refractivity contribution is 7.07. The standard InChI is InChI=1S/C10H16N2O2S.ClH/c1-10(2,11)9(14)12-5-8(13)7-3-4-15-6-7;/h3-4,6,8,13H,5,11H2,1-2H3,(H,12,14);1H. The minimum Gasteiger partial charge on any atom is -0.387 e. The van der Waals surface area contributed by atoms with Crippen LogP contribution in [0, 0.1) is 0 Å². The molecule has 1 amide bonds. The van der Waals surface area contributed by atoms with E-state index in [4.69, 9.17) is 5.73 Å². The number of amides is 1. The molecule has 4 N–H and O–H groups in total. The highest BCUT2D eigenvalue weighted by atomic mass is 35.5. The average Bonchev–Trinajstić information content (AvgIpc) is 2.64. The van der Waals surface area contributed by atoms with Crippen LogP contribution in [0.15, 0.2) is 16.8 Å². The minimum atomic E-state index is -0.908. The Balaban J connectivity index is 0.00000225. The van der Waals surface area contributed by atoms with Crippen LogP contribution in [0.5, 0.6) is 0 Å². The number of hydrogen-bond acceptors (Lipinski definition) is 4. The Bertz CT molecular complexity index is 322. The fourth-order valence-corrected chi connectivity index (χ4v) is 1.71. The summed E-state index contributed by atoms with van der Waals surface area (Å²) in [6.45, 7) is 3.44. The van der Waals surface area contributed by atoms with Gasteiger partial charge in [0.1, 0.15) is 0 Å². The number of aliphatic hydroxyl groups is 1. The summed E-state index contributed by atoms with van der Waals surface area (Å²) < 4.78 is 0. The van der Waals surface area contributed by atoms with E-state index >= 15 is 0 Å². The Hall–Kier alpha value is -0.620. The predicted molar refractivity (Wildman–Crippen MR) is 67.8 cm³/mol. The summed E-state index contributed by atoms with van der Waals surface area (Å²) in [7, 11) is 0. The summed E-state index contributed by atoms with van der Waals surface area (Å²) in [5, 5.41) is 16.0. The first-order chi connectivity index (χ1) is 6.91. The number of rotatable bonds is 4. The molecule has 1 aromatic rings. The SMILES string of the molecule is CC(C)(N)C(=O)NCC(O)c1ccsc1.Cl. The first kappa shape index (κ1) is 15.4. The summed E-state index contributed by atoms with van der Waals surface area (Å²) in [5.41, 5.74) is 5.50. The third-order valence-corrected chi connectivity index (χ3v) is 2.67. The number of carbonyl (C=O) groups excluding carboxylic acids is 1. The molecule has 1 atom stereocenters. The van der Waals surface area contributed by atoms with E-state index in [2.05, 4.69) is 5.32 Å². The van der Waals surface area contributed by atoms with Crippen molar-refractivity contribution in [1.82, 2.24) is 5.32 Å². The maximum Gasteiger partial charge on any atom is 0.239 e. The molecule has 16 heavy (non-hydrogen) atoms. The van der Waals surface area contributed by atoms with E-state index in [0.29, 0.717) is 0 Å². The maximum atomic E-state index is 11.4. The van der Waals surface area contributed by atoms with Gasteiger partial charge in [-0.1, -0.05) is 0 Å². The quantitative estimate of drug-likeness (QED) is 0.761. The smallest absolute Gasteiger partial charge is 0.239 e. The third kappa shape index (κ3) is 4.49. The Morgan fingerprint density at radius 2 is 2.31 bits per heavy atom. The Kier molecular flexibility index (Phi) is 5.96. The molecule has 0 aliphatic rings. The number of hydrogen-bond donors (Lipinski definition) is 3. The van der Waals surface area contributed by atoms with E-state index < -0.39 is 11.6 Å². The number of nitrogens with two attached hydrogens (primary N) is 1. The zero-order valence-corrected chi connectivity index (χ0v) is 10.9. The molecule has 0 aliphatic heterocycles. The van der Waals surface area contributed by atoms with Crippen molar-refractivity contribution in [1.29, 1.82) is 0 Å². The molecule has 6 heteroatoms. The molecule has 1 aromatic heterocycles. The summed E-state index contributed by atoms with van der Waals surface area (Å²) in [5.74, 6) is -0.267. The van der Waals surface area contributed by atoms with Crippen LogP contribution in [-0.2, 0) is 4.79 Å². The van der Waals surface area contributed by atoms with E-state index in [9.17, 15) is 9.90 Å². The molecule has 0 spiro atoms. The topological polar surface area (TPSA) is 75.4 Å². The molecule has 0 saturated heterocycles. The lowest BCUT2D eigenvalue weighted by molar-refractivity contribution is -0.125. The molecular formula is C10H17ClN2O2S. The van der Waals surface area contributed by atoms with Crippen molar-refractivity contribution < 1.29 is 9.90 Å². The van der Waals surface area contributed by atoms with Gasteiger partial charge in [0.2, 0.25) is 5.91 Å². The lowest BCUT2D eigenvalue weighted by Gasteiger charge is -2.19. The fourth-order valence-electron chi connectivity index (χ4n) is 1.000. The van der Waals surface area contributed by atoms with Crippen LogP contribution in [-0.4, -0.2) is 23.1 Å². The largest absolute Gasteiger partial charge is 0.387 e. The molecule has 92 valence electrons. The molecule has 0 saturated carbocycles. The lowest BCUT2D eigenvalue weighted by Crippen LogP contribution is -2.49. The van der Waals surface area contributed by atoms with Crippen LogP contribution in [0.2, 0.25) is 0 Å². The van der Waals surface area contributed by atoms with Crippen molar-refractivity contribution in [3.8, 4) is 0 Å². The molecule has 0 fully saturated rings. The van der Waals surface area contributed by atoms with Gasteiger partial charge in [0.25, 0.3) is 0 Å². The van der Waals surface area contributed by atoms with Gasteiger partial charge in [-0.15, -0.1) is 12.4 Å². The summed E-state index contributed by atoms with van der Waals surface area (Å²) in [4.78, 5) is 11.4. The second-order valence-electron chi connectivity index (χ2n) is 4.00. The zero-order valence-electron chi connectivity index (χ0n) is 9.27. The highest BCUT2D eigenvalue weighted by Crippen LogP contribution is 2.15. The van der Waals surface area contributed by atoms with Crippen molar-refractivity contribution in [2.45, 2.75) is 25.5 Å². The molecular weight excluding hydrogens is 248 g/mol. The van der Waals surface area contributed by atoms with E-state index in [0.717, 1.165) is 5.56 Å². The second kappa shape index (κ2) is 6.20. The third-order valence-electron chi connectivity index (χ3n) is 1.97. The van der Waals surface area contributed by atoms with Gasteiger partial charge in [-0.25, -0.2) is 0 Å². The normalized spacial score (nSPS) is 12.8. The highest BCUT2D eigenvalue weighted by Gasteiger charge is 2.22. The molecule has 0 aromatic carbocycles. The van der Waals surface area contributed by atoms with Crippen molar-refractivity contribution >= 4 is 29.7 Å². The van der Waals surface area contributed by atoms with Crippen molar-refractivity contribution in [2.24, 2.45) is 5.73 Å². The molecule has 1 unspecified atom stereocenters. The second-order valence-corrected chi connectivity index (χ2v) is 4.78. The number of halogens is 1. The van der Waals surface area contributed by atoms with E-state index in [1.54, 1.807) is 13.8 Å². The van der Waals surface area contributed by atoms with Gasteiger partial charge < -0.3 is 16.2 Å². The molecule has 4 nitrogen and oxygen atoms in total. The van der Waals surface area contributed by atoms with Crippen LogP contribution in [0.3, 0.4) is 0 Å². The Morgan fingerprint density at radius 3 is 2.75 bits per heavy atom. The zero-order chi connectivity index (χ0) is 11.5. The molecule has 0 bridgehead atoms. The van der Waals surface area contributed by atoms with Gasteiger partial charge >= 0.3 is 0 Å². The minimum absolute atomic E-state index is 0. The first-order valence-electron chi connectivity index (χ1n) is 4.68. The number of nitrogens with one attached hydrogen (secondary N) is 1. The van der Waals surface area contributed by atoms with Crippen LogP contribution in [0.1, 0.15) is 25.5 Å². The predicted octanol–water partition coefficient (Wildman–Crippen LogP) is 1.06. The number of aliphatic hydroxyl groups excluding tert-OH is 1. The van der Waals surface area contributed by atoms with Gasteiger partial charge in [0.15, 0.2) is 0 Å². The summed E-state index contributed by atoms with van der Waals surface area (Å²) in [6.07, 6.45) is -0.664. The lowest BCUT2D eigenvalue weighted by atomic mass is 10.1. The molecule has 1 heterocycles. The first-order valence-corrected chi connectivity index (χ1v) is 5.63. The van der Waals surface area contributed by atoms with Gasteiger partial charge in [-0.3, -0.25) is 4.79 Å². The maximum absolute atomic E-state index is 11.4. The summed E-state index contributed by atoms with van der Waals surface area (Å²) in [6, 6.07) is 1.83. The molecule has 0 radical (unpaired) electrons. The fraction of sp³-hybridized carbons (Fsp3) is 0.500. The average molecular weight is 265 g/mol. The van der Waals surface area contributed by atoms with Gasteiger partial charge in [-0.2, -0.15) is 11.3 Å². The van der Waals surface area contributed by atoms with Gasteiger partial charge in [-0.05, 0) is 36.2 Å². The number of carbonyl (C=O) groups is 1. The van der Waals surface area contributed by atoms with Crippen LogP contribution < -0.4 is 11.1 Å². The van der Waals surface area contributed by atoms with E-state index in [-0.39, 0.29) is 24.9 Å². The van der Waals surface area contributed by atoms with Crippen LogP contribution in [0.25, 0.3) is 0 Å². The van der Waals surface area contributed by atoms with Gasteiger partial charge in [0, 0.05) is 6.54 Å². The van der Waals surface area contributed by atoms with Crippen LogP contribution in [0.4, 0.5) is 0 Å². The Labute approximate surface area is 105 Å². The van der Waals surface area contributed by atoms with E-state index in [1.807, 2.05) is 16.8 Å². The molecule has 0 aliphatic carbocycles. The summed E-state index contributed by atoms with van der Waals surface area (Å²) >= 11 is 1.51. The van der Waals surface area contributed by atoms with Crippen LogP contribution >= 0.6 is 23.7 Å². The Morgan fingerprint density at radius 1 is 1.69 bits per heavy atom. The van der Waals surface area contributed by atoms with Gasteiger partial charge in [0.05, 0.1) is 11.6 Å². The monoisotopic (exact) mass is 264 g/mol. The van der Waals surface area contributed by atoms with Crippen molar-refractivity contribution in [3.63, 3.8) is 0 Å². The number of thiophene rings is 1. The van der Waals surface area contributed by atoms with Crippen molar-refractivity contribution in [3.05, 3.63) is 22.4 Å². The van der Waals surface area contributed by atoms with Crippen molar-refractivity contribution in [2.75, 3.05) is 6.54 Å². The molecule has 1 rings (SSSR count). The van der Waals surface area contributed by atoms with E-state index in [1.165, 1.54) is 11.3 Å².